The molecule has 4 heteroatoms. The molecule has 2 saturated heterocycles. The second-order valence-electron chi connectivity index (χ2n) is 9.07. The van der Waals surface area contributed by atoms with Crippen LogP contribution in [0.5, 0.6) is 0 Å². The van der Waals surface area contributed by atoms with Gasteiger partial charge in [0.15, 0.2) is 0 Å². The first-order chi connectivity index (χ1) is 13.7. The Morgan fingerprint density at radius 3 is 1.96 bits per heavy atom. The lowest BCUT2D eigenvalue weighted by molar-refractivity contribution is 0.0226. The van der Waals surface area contributed by atoms with E-state index >= 15 is 0 Å². The molecule has 0 aromatic heterocycles. The van der Waals surface area contributed by atoms with Crippen LogP contribution in [-0.4, -0.2) is 53.7 Å². The van der Waals surface area contributed by atoms with E-state index in [4.69, 9.17) is 4.74 Å². The van der Waals surface area contributed by atoms with Crippen LogP contribution in [0.4, 0.5) is 4.79 Å². The zero-order chi connectivity index (χ0) is 20.2. The van der Waals surface area contributed by atoms with Crippen molar-refractivity contribution in [3.8, 4) is 0 Å². The molecule has 0 N–H and O–H groups in total. The number of piperazine rings is 1. The second kappa shape index (κ2) is 13.5. The Morgan fingerprint density at radius 2 is 1.36 bits per heavy atom. The van der Waals surface area contributed by atoms with Crippen molar-refractivity contribution in [1.82, 2.24) is 9.80 Å². The fraction of sp³-hybridized carbons (Fsp3) is 0.958. The van der Waals surface area contributed by atoms with E-state index in [0.717, 1.165) is 44.8 Å². The lowest BCUT2D eigenvalue weighted by Crippen LogP contribution is -2.58. The van der Waals surface area contributed by atoms with Crippen LogP contribution in [0.1, 0.15) is 111 Å². The highest BCUT2D eigenvalue weighted by Gasteiger charge is 2.44. The van der Waals surface area contributed by atoms with Crippen molar-refractivity contribution in [3.63, 3.8) is 0 Å². The van der Waals surface area contributed by atoms with Gasteiger partial charge in [0.05, 0.1) is 6.61 Å². The third-order valence-corrected chi connectivity index (χ3v) is 6.74. The maximum Gasteiger partial charge on any atom is 0.410 e. The molecule has 0 saturated carbocycles. The predicted molar refractivity (Wildman–Crippen MR) is 118 cm³/mol. The average molecular weight is 395 g/mol. The standard InChI is InChI=1S/C24H46N2O2/c1-4-7-10-11-13-15-21(14-12-8-5-2)25-19-22-16-17-23(20-25)26(22)24(27)28-18-9-6-3/h21-23H,4-20H2,1-3H3. The summed E-state index contributed by atoms with van der Waals surface area (Å²) in [5, 5.41) is 0. The van der Waals surface area contributed by atoms with Gasteiger partial charge >= 0.3 is 6.09 Å². The lowest BCUT2D eigenvalue weighted by Gasteiger charge is -2.44. The summed E-state index contributed by atoms with van der Waals surface area (Å²) in [6, 6.07) is 1.47. The molecular formula is C24H46N2O2. The van der Waals surface area contributed by atoms with Gasteiger partial charge < -0.3 is 4.74 Å². The minimum Gasteiger partial charge on any atom is -0.449 e. The molecule has 0 aromatic carbocycles. The van der Waals surface area contributed by atoms with Crippen molar-refractivity contribution in [3.05, 3.63) is 0 Å². The van der Waals surface area contributed by atoms with Crippen molar-refractivity contribution in [2.45, 2.75) is 129 Å². The Hall–Kier alpha value is -0.770. The SMILES string of the molecule is CCCCCCCC(CCCCC)N1CC2CCC(C1)N2C(=O)OCCCC. The van der Waals surface area contributed by atoms with E-state index < -0.39 is 0 Å². The highest BCUT2D eigenvalue weighted by Crippen LogP contribution is 2.33. The Kier molecular flexibility index (Phi) is 11.3. The van der Waals surface area contributed by atoms with Gasteiger partial charge in [-0.2, -0.15) is 0 Å². The summed E-state index contributed by atoms with van der Waals surface area (Å²) in [6.45, 7) is 9.42. The molecule has 2 fully saturated rings. The van der Waals surface area contributed by atoms with Crippen LogP contribution in [0, 0.1) is 0 Å². The van der Waals surface area contributed by atoms with Crippen molar-refractivity contribution in [2.24, 2.45) is 0 Å². The fourth-order valence-electron chi connectivity index (χ4n) is 5.03. The first-order valence-corrected chi connectivity index (χ1v) is 12.4. The molecule has 2 aliphatic rings. The number of likely N-dealkylation sites (tertiary alicyclic amines) is 1. The Bertz CT molecular complexity index is 415. The fourth-order valence-corrected chi connectivity index (χ4v) is 5.03. The molecule has 164 valence electrons. The van der Waals surface area contributed by atoms with Gasteiger partial charge in [0.25, 0.3) is 0 Å². The van der Waals surface area contributed by atoms with Crippen LogP contribution >= 0.6 is 0 Å². The molecule has 0 aliphatic carbocycles. The summed E-state index contributed by atoms with van der Waals surface area (Å²) in [6.07, 6.45) is 17.8. The molecule has 2 bridgehead atoms. The summed E-state index contributed by atoms with van der Waals surface area (Å²) in [5.74, 6) is 0. The molecule has 2 rings (SSSR count). The summed E-state index contributed by atoms with van der Waals surface area (Å²) in [5.41, 5.74) is 0. The Labute approximate surface area is 174 Å². The Balaban J connectivity index is 1.86. The van der Waals surface area contributed by atoms with Gasteiger partial charge in [0, 0.05) is 31.2 Å². The first kappa shape index (κ1) is 23.5. The molecule has 1 amide bonds. The van der Waals surface area contributed by atoms with Crippen molar-refractivity contribution < 1.29 is 9.53 Å². The highest BCUT2D eigenvalue weighted by atomic mass is 16.6. The second-order valence-corrected chi connectivity index (χ2v) is 9.07. The van der Waals surface area contributed by atoms with E-state index in [1.807, 2.05) is 0 Å². The number of ether oxygens (including phenoxy) is 1. The van der Waals surface area contributed by atoms with Crippen molar-refractivity contribution in [1.29, 1.82) is 0 Å². The molecular weight excluding hydrogens is 348 g/mol. The maximum absolute atomic E-state index is 12.6. The lowest BCUT2D eigenvalue weighted by atomic mass is 9.98. The van der Waals surface area contributed by atoms with Crippen LogP contribution in [-0.2, 0) is 4.74 Å². The van der Waals surface area contributed by atoms with Gasteiger partial charge in [0.2, 0.25) is 0 Å². The van der Waals surface area contributed by atoms with Gasteiger partial charge in [-0.05, 0) is 32.1 Å². The molecule has 0 spiro atoms. The zero-order valence-corrected chi connectivity index (χ0v) is 19.0. The normalized spacial score (nSPS) is 23.2. The van der Waals surface area contributed by atoms with E-state index in [0.29, 0.717) is 18.7 Å². The number of nitrogens with zero attached hydrogens (tertiary/aromatic N) is 2. The number of hydrogen-bond acceptors (Lipinski definition) is 3. The quantitative estimate of drug-likeness (QED) is 0.320. The minimum atomic E-state index is -0.0531. The number of rotatable bonds is 14. The molecule has 28 heavy (non-hydrogen) atoms. The molecule has 0 radical (unpaired) electrons. The van der Waals surface area contributed by atoms with E-state index in [1.54, 1.807) is 0 Å². The molecule has 0 aromatic rings. The summed E-state index contributed by atoms with van der Waals surface area (Å²) in [4.78, 5) is 17.4. The topological polar surface area (TPSA) is 32.8 Å². The van der Waals surface area contributed by atoms with E-state index in [9.17, 15) is 4.79 Å². The highest BCUT2D eigenvalue weighted by molar-refractivity contribution is 5.69. The van der Waals surface area contributed by atoms with E-state index in [2.05, 4.69) is 30.6 Å². The zero-order valence-electron chi connectivity index (χ0n) is 19.0. The minimum absolute atomic E-state index is 0.0531. The summed E-state index contributed by atoms with van der Waals surface area (Å²) < 4.78 is 5.55. The van der Waals surface area contributed by atoms with Crippen molar-refractivity contribution >= 4 is 6.09 Å². The molecule has 2 aliphatic heterocycles. The smallest absolute Gasteiger partial charge is 0.410 e. The molecule has 3 unspecified atom stereocenters. The van der Waals surface area contributed by atoms with Crippen LogP contribution in [0.15, 0.2) is 0 Å². The number of fused-ring (bicyclic) bond motifs is 2. The van der Waals surface area contributed by atoms with Gasteiger partial charge in [-0.15, -0.1) is 0 Å². The summed E-state index contributed by atoms with van der Waals surface area (Å²) >= 11 is 0. The monoisotopic (exact) mass is 394 g/mol. The van der Waals surface area contributed by atoms with Crippen LogP contribution in [0.25, 0.3) is 0 Å². The van der Waals surface area contributed by atoms with E-state index in [-0.39, 0.29) is 6.09 Å². The predicted octanol–water partition coefficient (Wildman–Crippen LogP) is 6.38. The third-order valence-electron chi connectivity index (χ3n) is 6.74. The Morgan fingerprint density at radius 1 is 0.821 bits per heavy atom. The molecule has 3 atom stereocenters. The van der Waals surface area contributed by atoms with Crippen LogP contribution < -0.4 is 0 Å². The number of hydrogen-bond donors (Lipinski definition) is 0. The first-order valence-electron chi connectivity index (χ1n) is 12.4. The maximum atomic E-state index is 12.6. The van der Waals surface area contributed by atoms with Crippen LogP contribution in [0.2, 0.25) is 0 Å². The number of unbranched alkanes of at least 4 members (excludes halogenated alkanes) is 7. The number of carbonyl (C=O) groups excluding carboxylic acids is 1. The third kappa shape index (κ3) is 7.24. The largest absolute Gasteiger partial charge is 0.449 e. The van der Waals surface area contributed by atoms with Crippen LogP contribution in [0.3, 0.4) is 0 Å². The number of carbonyl (C=O) groups is 1. The van der Waals surface area contributed by atoms with Gasteiger partial charge in [0.1, 0.15) is 0 Å². The molecule has 2 heterocycles. The average Bonchev–Trinajstić information content (AvgIpc) is 2.96. The van der Waals surface area contributed by atoms with Crippen molar-refractivity contribution in [2.75, 3.05) is 19.7 Å². The summed E-state index contributed by atoms with van der Waals surface area (Å²) in [7, 11) is 0. The number of amides is 1. The van der Waals surface area contributed by atoms with Gasteiger partial charge in [-0.3, -0.25) is 9.80 Å². The van der Waals surface area contributed by atoms with Gasteiger partial charge in [-0.25, -0.2) is 4.79 Å². The molecule has 4 nitrogen and oxygen atoms in total. The van der Waals surface area contributed by atoms with Gasteiger partial charge in [-0.1, -0.05) is 78.6 Å². The van der Waals surface area contributed by atoms with E-state index in [1.165, 1.54) is 64.2 Å².